The van der Waals surface area contributed by atoms with Crippen LogP contribution >= 0.6 is 18.9 Å². The summed E-state index contributed by atoms with van der Waals surface area (Å²) >= 11 is 6.67. The molecule has 35 heavy (non-hydrogen) atoms. The predicted molar refractivity (Wildman–Crippen MR) is 144 cm³/mol. The van der Waals surface area contributed by atoms with Gasteiger partial charge in [0.2, 0.25) is 0 Å². The first kappa shape index (κ1) is 23.2. The zero-order valence-electron chi connectivity index (χ0n) is 19.0. The van der Waals surface area contributed by atoms with Crippen molar-refractivity contribution in [3.63, 3.8) is 0 Å². The maximum atomic E-state index is 12.3. The molecule has 4 aromatic carbocycles. The number of nitroso groups, excluding NO2 is 1. The highest BCUT2D eigenvalue weighted by Gasteiger charge is 2.21. The van der Waals surface area contributed by atoms with E-state index in [2.05, 4.69) is 52.4 Å². The monoisotopic (exact) mass is 500 g/mol. The largest absolute Gasteiger partial charge is 0.443 e. The van der Waals surface area contributed by atoms with E-state index in [1.54, 1.807) is 24.3 Å². The van der Waals surface area contributed by atoms with Crippen LogP contribution in [0.5, 0.6) is 5.75 Å². The number of hydrogen-bond donors (Lipinski definition) is 0. The highest BCUT2D eigenvalue weighted by molar-refractivity contribution is 7.69. The fourth-order valence-electron chi connectivity index (χ4n) is 4.10. The summed E-state index contributed by atoms with van der Waals surface area (Å²) in [6.07, 6.45) is 1.36. The van der Waals surface area contributed by atoms with E-state index in [1.165, 1.54) is 12.2 Å². The molecule has 0 saturated carbocycles. The molecule has 0 bridgehead atoms. The molecule has 5 rings (SSSR count). The lowest BCUT2D eigenvalue weighted by molar-refractivity contribution is 0.529. The molecule has 0 amide bonds. The number of rotatable bonds is 5. The lowest BCUT2D eigenvalue weighted by atomic mass is 9.96. The van der Waals surface area contributed by atoms with Crippen molar-refractivity contribution in [3.8, 4) is 28.0 Å². The van der Waals surface area contributed by atoms with E-state index in [0.717, 1.165) is 34.4 Å². The number of aliphatic imine (C=N–C) groups is 1. The van der Waals surface area contributed by atoms with Gasteiger partial charge in [-0.15, -0.1) is 4.91 Å². The zero-order valence-corrected chi connectivity index (χ0v) is 20.7. The standard InChI is InChI=1S/C28H22ClN2O3P/c1-35(33,31-32)24-9-5-8-23(17-24)34-28-15-14-22-16-25(26(29)18-27(22)30-28)21-12-10-20(11-13-21)19-6-3-2-4-7-19/h2-13,16-18H,14-15H2,1H3. The van der Waals surface area contributed by atoms with Crippen LogP contribution in [0.1, 0.15) is 12.0 Å². The number of hydrogen-bond acceptors (Lipinski definition) is 4. The molecule has 1 aliphatic heterocycles. The summed E-state index contributed by atoms with van der Waals surface area (Å²) in [6.45, 7) is 1.34. The Bertz CT molecular complexity index is 1480. The molecule has 4 aromatic rings. The smallest absolute Gasteiger partial charge is 0.257 e. The van der Waals surface area contributed by atoms with Crippen molar-refractivity contribution < 1.29 is 9.30 Å². The molecule has 0 radical (unpaired) electrons. The van der Waals surface area contributed by atoms with Gasteiger partial charge < -0.3 is 4.74 Å². The third kappa shape index (κ3) is 4.97. The third-order valence-corrected chi connectivity index (χ3v) is 7.87. The lowest BCUT2D eigenvalue weighted by Crippen LogP contribution is -2.14. The molecule has 0 N–H and O–H groups in total. The Labute approximate surface area is 208 Å². The van der Waals surface area contributed by atoms with Gasteiger partial charge in [-0.3, -0.25) is 4.57 Å². The van der Waals surface area contributed by atoms with Gasteiger partial charge in [-0.05, 0) is 64.0 Å². The van der Waals surface area contributed by atoms with Crippen LogP contribution in [0.25, 0.3) is 22.3 Å². The van der Waals surface area contributed by atoms with E-state index < -0.39 is 7.29 Å². The molecule has 0 spiro atoms. The molecule has 5 nitrogen and oxygen atoms in total. The number of halogens is 1. The minimum absolute atomic E-state index is 0.354. The maximum absolute atomic E-state index is 12.3. The first-order valence-electron chi connectivity index (χ1n) is 11.2. The van der Waals surface area contributed by atoms with Gasteiger partial charge in [0.1, 0.15) is 5.75 Å². The van der Waals surface area contributed by atoms with Crippen LogP contribution in [-0.4, -0.2) is 12.6 Å². The first-order chi connectivity index (χ1) is 16.9. The quantitative estimate of drug-likeness (QED) is 0.206. The van der Waals surface area contributed by atoms with Crippen molar-refractivity contribution in [1.29, 1.82) is 0 Å². The van der Waals surface area contributed by atoms with Gasteiger partial charge in [-0.1, -0.05) is 72.3 Å². The molecule has 1 aliphatic rings. The van der Waals surface area contributed by atoms with E-state index >= 15 is 0 Å². The highest BCUT2D eigenvalue weighted by Crippen LogP contribution is 2.42. The molecule has 0 saturated heterocycles. The third-order valence-electron chi connectivity index (χ3n) is 6.01. The Morgan fingerprint density at radius 2 is 1.57 bits per heavy atom. The average molecular weight is 501 g/mol. The van der Waals surface area contributed by atoms with Crippen LogP contribution in [0.4, 0.5) is 5.69 Å². The number of ether oxygens (including phenoxy) is 1. The second-order valence-electron chi connectivity index (χ2n) is 8.47. The molecule has 7 heteroatoms. The van der Waals surface area contributed by atoms with Crippen molar-refractivity contribution in [2.24, 2.45) is 9.94 Å². The Balaban J connectivity index is 1.39. The fourth-order valence-corrected chi connectivity index (χ4v) is 5.19. The zero-order chi connectivity index (χ0) is 24.4. The van der Waals surface area contributed by atoms with Crippen LogP contribution in [-0.2, 0) is 11.0 Å². The number of fused-ring (bicyclic) bond motifs is 1. The highest BCUT2D eigenvalue weighted by atomic mass is 35.5. The van der Waals surface area contributed by atoms with E-state index in [-0.39, 0.29) is 0 Å². The van der Waals surface area contributed by atoms with Gasteiger partial charge in [-0.25, -0.2) is 4.99 Å². The molecule has 1 heterocycles. The SMILES string of the molecule is CP(=O)(N=O)c1cccc(OC2=Nc3cc(Cl)c(-c4ccc(-c5ccccc5)cc4)cc3CC2)c1. The molecule has 1 atom stereocenters. The lowest BCUT2D eigenvalue weighted by Gasteiger charge is -2.18. The minimum Gasteiger partial charge on any atom is -0.443 e. The van der Waals surface area contributed by atoms with Crippen LogP contribution in [0, 0.1) is 4.91 Å². The predicted octanol–water partition coefficient (Wildman–Crippen LogP) is 8.03. The molecule has 174 valence electrons. The summed E-state index contributed by atoms with van der Waals surface area (Å²) in [5.41, 5.74) is 6.22. The number of aryl methyl sites for hydroxylation is 1. The molecule has 0 aliphatic carbocycles. The van der Waals surface area contributed by atoms with Crippen molar-refractivity contribution >= 4 is 35.8 Å². The normalized spacial score (nSPS) is 14.4. The molecule has 1 unspecified atom stereocenters. The van der Waals surface area contributed by atoms with Crippen molar-refractivity contribution in [1.82, 2.24) is 0 Å². The Morgan fingerprint density at radius 1 is 0.857 bits per heavy atom. The molecule has 0 aromatic heterocycles. The second kappa shape index (κ2) is 9.61. The minimum atomic E-state index is -3.29. The summed E-state index contributed by atoms with van der Waals surface area (Å²) in [7, 11) is -3.29. The van der Waals surface area contributed by atoms with Crippen molar-refractivity contribution in [2.45, 2.75) is 12.8 Å². The van der Waals surface area contributed by atoms with Gasteiger partial charge in [-0.2, -0.15) is 0 Å². The van der Waals surface area contributed by atoms with E-state index in [9.17, 15) is 9.47 Å². The van der Waals surface area contributed by atoms with Crippen LogP contribution in [0.15, 0.2) is 101 Å². The first-order valence-corrected chi connectivity index (χ1v) is 13.7. The van der Waals surface area contributed by atoms with Crippen LogP contribution in [0.3, 0.4) is 0 Å². The molecular formula is C28H22ClN2O3P. The van der Waals surface area contributed by atoms with Gasteiger partial charge in [0.05, 0.1) is 10.7 Å². The topological polar surface area (TPSA) is 68.1 Å². The van der Waals surface area contributed by atoms with Crippen molar-refractivity contribution in [3.05, 3.63) is 106 Å². The van der Waals surface area contributed by atoms with Crippen molar-refractivity contribution in [2.75, 3.05) is 6.66 Å². The molecule has 0 fully saturated rings. The Hall–Kier alpha value is -3.53. The number of nitrogens with zero attached hydrogens (tertiary/aromatic N) is 2. The van der Waals surface area contributed by atoms with Gasteiger partial charge in [0, 0.05) is 24.0 Å². The van der Waals surface area contributed by atoms with Gasteiger partial charge in [0.25, 0.3) is 7.29 Å². The summed E-state index contributed by atoms with van der Waals surface area (Å²) in [4.78, 5) is 18.4. The second-order valence-corrected chi connectivity index (χ2v) is 11.3. The summed E-state index contributed by atoms with van der Waals surface area (Å²) in [5.74, 6) is 1.01. The molecular weight excluding hydrogens is 479 g/mol. The fraction of sp³-hybridized carbons (Fsp3) is 0.107. The van der Waals surface area contributed by atoms with Crippen LogP contribution in [0.2, 0.25) is 5.02 Å². The van der Waals surface area contributed by atoms with E-state index in [4.69, 9.17) is 16.3 Å². The average Bonchev–Trinajstić information content (AvgIpc) is 2.89. The Kier molecular flexibility index (Phi) is 6.38. The van der Waals surface area contributed by atoms with E-state index in [0.29, 0.717) is 28.4 Å². The summed E-state index contributed by atoms with van der Waals surface area (Å²) in [6, 6.07) is 29.2. The number of benzene rings is 4. The summed E-state index contributed by atoms with van der Waals surface area (Å²) in [5, 5.41) is 0.972. The van der Waals surface area contributed by atoms with Crippen LogP contribution < -0.4 is 10.0 Å². The van der Waals surface area contributed by atoms with E-state index in [1.807, 2.05) is 24.3 Å². The van der Waals surface area contributed by atoms with Gasteiger partial charge in [0.15, 0.2) is 5.90 Å². The van der Waals surface area contributed by atoms with Gasteiger partial charge >= 0.3 is 0 Å². The Morgan fingerprint density at radius 3 is 2.31 bits per heavy atom. The summed E-state index contributed by atoms with van der Waals surface area (Å²) < 4.78 is 18.2. The maximum Gasteiger partial charge on any atom is 0.257 e.